The molecule has 6 heteroatoms. The molecule has 14 heavy (non-hydrogen) atoms. The van der Waals surface area contributed by atoms with Crippen LogP contribution in [-0.2, 0) is 14.3 Å². The van der Waals surface area contributed by atoms with E-state index in [-0.39, 0.29) is 17.6 Å². The molecule has 1 saturated heterocycles. The first kappa shape index (κ1) is 11.2. The highest BCUT2D eigenvalue weighted by Gasteiger charge is 2.34. The second kappa shape index (κ2) is 5.14. The third-order valence-electron chi connectivity index (χ3n) is 1.94. The third-order valence-corrected chi connectivity index (χ3v) is 1.94. The highest BCUT2D eigenvalue weighted by atomic mass is 16.9. The largest absolute Gasteiger partial charge is 0.401 e. The van der Waals surface area contributed by atoms with Crippen LogP contribution in [0.5, 0.6) is 0 Å². The number of aliphatic hydroxyl groups excluding tert-OH is 1. The number of rotatable bonds is 5. The van der Waals surface area contributed by atoms with E-state index in [1.165, 1.54) is 0 Å². The van der Waals surface area contributed by atoms with Gasteiger partial charge in [-0.2, -0.15) is 0 Å². The Morgan fingerprint density at radius 2 is 2.43 bits per heavy atom. The van der Waals surface area contributed by atoms with Gasteiger partial charge in [-0.3, -0.25) is 5.21 Å². The Hall–Kier alpha value is -0.850. The molecular weight excluding hydrogens is 190 g/mol. The summed E-state index contributed by atoms with van der Waals surface area (Å²) in [5.74, 6) is 0. The van der Waals surface area contributed by atoms with Crippen molar-refractivity contribution in [1.29, 1.82) is 0 Å². The van der Waals surface area contributed by atoms with Crippen molar-refractivity contribution in [3.05, 3.63) is 5.21 Å². The lowest BCUT2D eigenvalue weighted by Crippen LogP contribution is -2.30. The Kier molecular flexibility index (Phi) is 4.12. The predicted octanol–water partition coefficient (Wildman–Crippen LogP) is -0.359. The number of nitrogens with zero attached hydrogens (tertiary/aromatic N) is 1. The summed E-state index contributed by atoms with van der Waals surface area (Å²) in [6.07, 6.45) is -1.08. The molecular formula is C8H15NO5. The fraction of sp³-hybridized carbons (Fsp3) is 0.875. The van der Waals surface area contributed by atoms with E-state index in [2.05, 4.69) is 11.6 Å². The first-order valence-electron chi connectivity index (χ1n) is 4.49. The van der Waals surface area contributed by atoms with Gasteiger partial charge in [0.05, 0.1) is 12.7 Å². The van der Waals surface area contributed by atoms with Gasteiger partial charge in [-0.15, -0.1) is 0 Å². The van der Waals surface area contributed by atoms with Crippen LogP contribution in [0.2, 0.25) is 0 Å². The zero-order valence-corrected chi connectivity index (χ0v) is 8.09. The van der Waals surface area contributed by atoms with Gasteiger partial charge in [0.2, 0.25) is 0 Å². The number of ether oxygens (including phenoxy) is 2. The maximum Gasteiger partial charge on any atom is 0.198 e. The molecule has 82 valence electrons. The highest BCUT2D eigenvalue weighted by Crippen LogP contribution is 2.21. The molecule has 0 radical (unpaired) electrons. The van der Waals surface area contributed by atoms with Crippen LogP contribution in [0.25, 0.3) is 0 Å². The summed E-state index contributed by atoms with van der Waals surface area (Å²) in [6.45, 7) is 5.40. The van der Waals surface area contributed by atoms with Gasteiger partial charge in [0.15, 0.2) is 13.0 Å². The molecule has 1 rings (SSSR count). The highest BCUT2D eigenvalue weighted by molar-refractivity contribution is 5.13. The molecule has 0 bridgehead atoms. The predicted molar refractivity (Wildman–Crippen MR) is 47.6 cm³/mol. The Labute approximate surface area is 82.2 Å². The van der Waals surface area contributed by atoms with Crippen molar-refractivity contribution in [2.75, 3.05) is 13.2 Å². The molecule has 0 amide bonds. The lowest BCUT2D eigenvalue weighted by Gasteiger charge is -2.18. The second-order valence-corrected chi connectivity index (χ2v) is 2.99. The van der Waals surface area contributed by atoms with Gasteiger partial charge in [-0.05, 0) is 6.92 Å². The van der Waals surface area contributed by atoms with Gasteiger partial charge >= 0.3 is 0 Å². The molecule has 0 aromatic rings. The van der Waals surface area contributed by atoms with Crippen molar-refractivity contribution in [2.45, 2.75) is 31.8 Å². The number of hydrogen-bond acceptors (Lipinski definition) is 5. The SMILES string of the molecule is C=[N+]([O-])OCC1OC(O)CC1OCC. The van der Waals surface area contributed by atoms with Gasteiger partial charge in [0.1, 0.15) is 6.10 Å². The average Bonchev–Trinajstić information content (AvgIpc) is 2.44. The molecule has 0 aromatic heterocycles. The number of hydrogen-bond donors (Lipinski definition) is 1. The minimum atomic E-state index is -0.843. The van der Waals surface area contributed by atoms with Crippen molar-refractivity contribution in [3.63, 3.8) is 0 Å². The Morgan fingerprint density at radius 1 is 1.71 bits per heavy atom. The number of aliphatic hydroxyl groups is 1. The molecule has 1 fully saturated rings. The summed E-state index contributed by atoms with van der Waals surface area (Å²) >= 11 is 0. The smallest absolute Gasteiger partial charge is 0.198 e. The van der Waals surface area contributed by atoms with Gasteiger partial charge in [-0.25, -0.2) is 0 Å². The molecule has 1 N–H and O–H groups in total. The second-order valence-electron chi connectivity index (χ2n) is 2.99. The molecule has 0 aliphatic carbocycles. The minimum Gasteiger partial charge on any atom is -0.401 e. The van der Waals surface area contributed by atoms with E-state index in [1.807, 2.05) is 6.92 Å². The Bertz CT molecular complexity index is 198. The summed E-state index contributed by atoms with van der Waals surface area (Å²) in [5.41, 5.74) is 0. The summed E-state index contributed by atoms with van der Waals surface area (Å²) in [7, 11) is 0. The summed E-state index contributed by atoms with van der Waals surface area (Å²) < 4.78 is 10.4. The first-order valence-corrected chi connectivity index (χ1v) is 4.49. The molecule has 0 aromatic carbocycles. The van der Waals surface area contributed by atoms with Crippen LogP contribution < -0.4 is 0 Å². The third kappa shape index (κ3) is 3.13. The van der Waals surface area contributed by atoms with E-state index >= 15 is 0 Å². The quantitative estimate of drug-likeness (QED) is 0.377. The van der Waals surface area contributed by atoms with Crippen LogP contribution in [-0.4, -0.2) is 48.4 Å². The lowest BCUT2D eigenvalue weighted by atomic mass is 10.2. The van der Waals surface area contributed by atoms with Crippen molar-refractivity contribution in [3.8, 4) is 0 Å². The van der Waals surface area contributed by atoms with E-state index in [4.69, 9.17) is 9.47 Å². The summed E-state index contributed by atoms with van der Waals surface area (Å²) in [4.78, 5) is 4.71. The Balaban J connectivity index is 2.36. The van der Waals surface area contributed by atoms with Gasteiger partial charge in [0.25, 0.3) is 0 Å². The molecule has 1 aliphatic rings. The van der Waals surface area contributed by atoms with Crippen molar-refractivity contribution in [2.24, 2.45) is 0 Å². The minimum absolute atomic E-state index is 0.0364. The van der Waals surface area contributed by atoms with E-state index in [0.717, 1.165) is 0 Å². The Morgan fingerprint density at radius 3 is 3.00 bits per heavy atom. The normalized spacial score (nSPS) is 31.7. The summed E-state index contributed by atoms with van der Waals surface area (Å²) in [6, 6.07) is 0. The van der Waals surface area contributed by atoms with Crippen LogP contribution >= 0.6 is 0 Å². The molecule has 0 spiro atoms. The topological polar surface area (TPSA) is 74.0 Å². The van der Waals surface area contributed by atoms with Gasteiger partial charge in [0, 0.05) is 17.9 Å². The van der Waals surface area contributed by atoms with Crippen LogP contribution in [0.15, 0.2) is 0 Å². The molecule has 1 heterocycles. The monoisotopic (exact) mass is 205 g/mol. The van der Waals surface area contributed by atoms with Gasteiger partial charge in [-0.1, -0.05) is 0 Å². The molecule has 3 unspecified atom stereocenters. The van der Waals surface area contributed by atoms with Crippen molar-refractivity contribution in [1.82, 2.24) is 0 Å². The van der Waals surface area contributed by atoms with Crippen molar-refractivity contribution < 1.29 is 24.3 Å². The molecule has 1 aliphatic heterocycles. The molecule has 6 nitrogen and oxygen atoms in total. The van der Waals surface area contributed by atoms with Gasteiger partial charge < -0.3 is 19.4 Å². The van der Waals surface area contributed by atoms with E-state index in [0.29, 0.717) is 13.0 Å². The maximum atomic E-state index is 10.4. The first-order chi connectivity index (χ1) is 6.63. The zero-order valence-electron chi connectivity index (χ0n) is 8.09. The lowest BCUT2D eigenvalue weighted by molar-refractivity contribution is -0.737. The van der Waals surface area contributed by atoms with E-state index in [1.54, 1.807) is 0 Å². The fourth-order valence-corrected chi connectivity index (χ4v) is 1.39. The van der Waals surface area contributed by atoms with Crippen LogP contribution in [0.1, 0.15) is 13.3 Å². The standard InChI is InChI=1S/C8H15NO5/c1-3-12-6-4-8(10)14-7(6)5-13-9(2)11/h6-8,10H,2-5H2,1H3. The summed E-state index contributed by atoms with van der Waals surface area (Å²) in [5, 5.41) is 19.6. The van der Waals surface area contributed by atoms with E-state index < -0.39 is 12.4 Å². The van der Waals surface area contributed by atoms with Crippen LogP contribution in [0.3, 0.4) is 0 Å². The van der Waals surface area contributed by atoms with Crippen molar-refractivity contribution >= 4 is 6.72 Å². The maximum absolute atomic E-state index is 10.4. The van der Waals surface area contributed by atoms with Crippen LogP contribution in [0.4, 0.5) is 0 Å². The zero-order chi connectivity index (χ0) is 10.6. The van der Waals surface area contributed by atoms with Crippen LogP contribution in [0, 0.1) is 5.21 Å². The fourth-order valence-electron chi connectivity index (χ4n) is 1.39. The molecule has 0 saturated carbocycles. The van der Waals surface area contributed by atoms with E-state index in [9.17, 15) is 10.3 Å². The molecule has 3 atom stereocenters. The average molecular weight is 205 g/mol.